The van der Waals surface area contributed by atoms with Crippen molar-refractivity contribution in [2.75, 3.05) is 6.54 Å². The van der Waals surface area contributed by atoms with E-state index in [4.69, 9.17) is 4.74 Å². The van der Waals surface area contributed by atoms with Crippen molar-refractivity contribution in [3.05, 3.63) is 0 Å². The van der Waals surface area contributed by atoms with Gasteiger partial charge in [0.1, 0.15) is 11.9 Å². The number of ether oxygens (including phenoxy) is 1. The number of hydrogen-bond donors (Lipinski definition) is 0. The van der Waals surface area contributed by atoms with E-state index in [0.29, 0.717) is 6.54 Å². The number of carbonyl (C=O) groups excluding carboxylic acids is 2. The van der Waals surface area contributed by atoms with Crippen LogP contribution in [0, 0.1) is 5.92 Å². The van der Waals surface area contributed by atoms with Gasteiger partial charge >= 0.3 is 6.09 Å². The topological polar surface area (TPSA) is 46.6 Å². The van der Waals surface area contributed by atoms with Crippen molar-refractivity contribution in [2.45, 2.75) is 52.2 Å². The number of aldehydes is 1. The van der Waals surface area contributed by atoms with Crippen molar-refractivity contribution < 1.29 is 14.3 Å². The van der Waals surface area contributed by atoms with E-state index in [1.54, 1.807) is 4.90 Å². The molecule has 16 heavy (non-hydrogen) atoms. The third kappa shape index (κ3) is 3.51. The maximum atomic E-state index is 11.8. The fourth-order valence-electron chi connectivity index (χ4n) is 1.92. The first-order valence-electron chi connectivity index (χ1n) is 5.78. The summed E-state index contributed by atoms with van der Waals surface area (Å²) >= 11 is 0. The summed E-state index contributed by atoms with van der Waals surface area (Å²) in [6.07, 6.45) is 2.20. The molecular weight excluding hydrogens is 206 g/mol. The number of hydrogen-bond acceptors (Lipinski definition) is 3. The van der Waals surface area contributed by atoms with Gasteiger partial charge in [0.05, 0.1) is 0 Å². The molecule has 0 saturated carbocycles. The fraction of sp³-hybridized carbons (Fsp3) is 0.833. The number of piperidine rings is 1. The molecule has 0 aliphatic carbocycles. The second kappa shape index (κ2) is 4.85. The molecule has 0 aromatic rings. The van der Waals surface area contributed by atoms with Gasteiger partial charge in [-0.25, -0.2) is 4.79 Å². The van der Waals surface area contributed by atoms with Gasteiger partial charge in [-0.15, -0.1) is 0 Å². The zero-order valence-electron chi connectivity index (χ0n) is 10.5. The number of nitrogens with zero attached hydrogens (tertiary/aromatic N) is 1. The first-order valence-corrected chi connectivity index (χ1v) is 5.78. The molecule has 0 unspecified atom stereocenters. The second-order valence-corrected chi connectivity index (χ2v) is 5.44. The van der Waals surface area contributed by atoms with Gasteiger partial charge in [-0.3, -0.25) is 0 Å². The van der Waals surface area contributed by atoms with Gasteiger partial charge in [0.2, 0.25) is 0 Å². The Bertz CT molecular complexity index is 270. The van der Waals surface area contributed by atoms with Crippen LogP contribution in [0.4, 0.5) is 4.79 Å². The Labute approximate surface area is 96.9 Å². The van der Waals surface area contributed by atoms with Crippen molar-refractivity contribution in [1.82, 2.24) is 4.90 Å². The molecular formula is C12H21NO3. The van der Waals surface area contributed by atoms with Crippen LogP contribution in [-0.4, -0.2) is 35.5 Å². The molecule has 0 N–H and O–H groups in total. The molecule has 0 bridgehead atoms. The van der Waals surface area contributed by atoms with Crippen molar-refractivity contribution in [1.29, 1.82) is 0 Å². The summed E-state index contributed by atoms with van der Waals surface area (Å²) in [6.45, 7) is 8.13. The molecule has 1 heterocycles. The molecule has 1 saturated heterocycles. The zero-order valence-corrected chi connectivity index (χ0v) is 10.5. The van der Waals surface area contributed by atoms with Crippen LogP contribution in [0.25, 0.3) is 0 Å². The second-order valence-electron chi connectivity index (χ2n) is 5.44. The van der Waals surface area contributed by atoms with Crippen molar-refractivity contribution in [3.63, 3.8) is 0 Å². The van der Waals surface area contributed by atoms with Crippen LogP contribution in [0.5, 0.6) is 0 Å². The van der Waals surface area contributed by atoms with Crippen LogP contribution in [0.15, 0.2) is 0 Å². The smallest absolute Gasteiger partial charge is 0.410 e. The number of rotatable bonds is 1. The normalized spacial score (nSPS) is 26.4. The highest BCUT2D eigenvalue weighted by Crippen LogP contribution is 2.23. The summed E-state index contributed by atoms with van der Waals surface area (Å²) in [7, 11) is 0. The standard InChI is InChI=1S/C12H21NO3/c1-9-7-10(8-14)5-6-13(9)11(15)16-12(2,3)4/h8-10H,5-7H2,1-4H3/t9-,10-/m1/s1. The van der Waals surface area contributed by atoms with Crippen LogP contribution < -0.4 is 0 Å². The van der Waals surface area contributed by atoms with Gasteiger partial charge in [0.25, 0.3) is 0 Å². The summed E-state index contributed by atoms with van der Waals surface area (Å²) in [4.78, 5) is 24.2. The molecule has 0 aromatic heterocycles. The van der Waals surface area contributed by atoms with Crippen molar-refractivity contribution in [2.24, 2.45) is 5.92 Å². The summed E-state index contributed by atoms with van der Waals surface area (Å²) < 4.78 is 5.32. The molecule has 1 amide bonds. The molecule has 92 valence electrons. The Balaban J connectivity index is 2.55. The summed E-state index contributed by atoms with van der Waals surface area (Å²) in [6, 6.07) is 0.0822. The summed E-state index contributed by atoms with van der Waals surface area (Å²) in [5.74, 6) is 0.0914. The molecule has 1 fully saturated rings. The van der Waals surface area contributed by atoms with Crippen LogP contribution in [0.3, 0.4) is 0 Å². The number of likely N-dealkylation sites (tertiary alicyclic amines) is 1. The first-order chi connectivity index (χ1) is 7.33. The van der Waals surface area contributed by atoms with Crippen molar-refractivity contribution in [3.8, 4) is 0 Å². The van der Waals surface area contributed by atoms with E-state index in [1.807, 2.05) is 27.7 Å². The lowest BCUT2D eigenvalue weighted by Gasteiger charge is -2.36. The first kappa shape index (κ1) is 13.0. The molecule has 1 aliphatic heterocycles. The van der Waals surface area contributed by atoms with Gasteiger partial charge in [-0.05, 0) is 40.5 Å². The average Bonchev–Trinajstić information content (AvgIpc) is 2.14. The minimum absolute atomic E-state index is 0.0822. The lowest BCUT2D eigenvalue weighted by Crippen LogP contribution is -2.47. The molecule has 0 radical (unpaired) electrons. The lowest BCUT2D eigenvalue weighted by molar-refractivity contribution is -0.113. The van der Waals surface area contributed by atoms with E-state index < -0.39 is 5.60 Å². The predicted octanol–water partition coefficient (Wildman–Crippen LogP) is 2.22. The Morgan fingerprint density at radius 3 is 2.50 bits per heavy atom. The monoisotopic (exact) mass is 227 g/mol. The van der Waals surface area contributed by atoms with E-state index in [0.717, 1.165) is 19.1 Å². The van der Waals surface area contributed by atoms with Gasteiger partial charge in [-0.1, -0.05) is 0 Å². The molecule has 4 nitrogen and oxygen atoms in total. The van der Waals surface area contributed by atoms with Crippen LogP contribution >= 0.6 is 0 Å². The molecule has 4 heteroatoms. The highest BCUT2D eigenvalue weighted by molar-refractivity contribution is 5.69. The largest absolute Gasteiger partial charge is 0.444 e. The number of carbonyl (C=O) groups is 2. The SMILES string of the molecule is C[C@@H]1C[C@H](C=O)CCN1C(=O)OC(C)(C)C. The average molecular weight is 227 g/mol. The van der Waals surface area contributed by atoms with Crippen molar-refractivity contribution >= 4 is 12.4 Å². The quantitative estimate of drug-likeness (QED) is 0.645. The predicted molar refractivity (Wildman–Crippen MR) is 61.2 cm³/mol. The minimum Gasteiger partial charge on any atom is -0.444 e. The Morgan fingerprint density at radius 1 is 1.44 bits per heavy atom. The summed E-state index contributed by atoms with van der Waals surface area (Å²) in [5.41, 5.74) is -0.460. The van der Waals surface area contributed by atoms with Gasteiger partial charge < -0.3 is 14.4 Å². The summed E-state index contributed by atoms with van der Waals surface area (Å²) in [5, 5.41) is 0. The molecule has 1 rings (SSSR count). The molecule has 2 atom stereocenters. The molecule has 1 aliphatic rings. The van der Waals surface area contributed by atoms with Crippen LogP contribution in [0.2, 0.25) is 0 Å². The third-order valence-electron chi connectivity index (χ3n) is 2.74. The van der Waals surface area contributed by atoms with E-state index in [2.05, 4.69) is 0 Å². The van der Waals surface area contributed by atoms with Gasteiger partial charge in [0.15, 0.2) is 0 Å². The Morgan fingerprint density at radius 2 is 2.06 bits per heavy atom. The third-order valence-corrected chi connectivity index (χ3v) is 2.74. The van der Waals surface area contributed by atoms with E-state index in [-0.39, 0.29) is 18.1 Å². The van der Waals surface area contributed by atoms with Gasteiger partial charge in [-0.2, -0.15) is 0 Å². The van der Waals surface area contributed by atoms with E-state index >= 15 is 0 Å². The highest BCUT2D eigenvalue weighted by Gasteiger charge is 2.31. The maximum absolute atomic E-state index is 11.8. The van der Waals surface area contributed by atoms with E-state index in [1.165, 1.54) is 0 Å². The molecule has 0 spiro atoms. The Kier molecular flexibility index (Phi) is 3.94. The fourth-order valence-corrected chi connectivity index (χ4v) is 1.92. The molecule has 0 aromatic carbocycles. The maximum Gasteiger partial charge on any atom is 0.410 e. The zero-order chi connectivity index (χ0) is 12.3. The van der Waals surface area contributed by atoms with E-state index in [9.17, 15) is 9.59 Å². The van der Waals surface area contributed by atoms with Crippen LogP contribution in [-0.2, 0) is 9.53 Å². The van der Waals surface area contributed by atoms with Gasteiger partial charge in [0, 0.05) is 18.5 Å². The number of amides is 1. The van der Waals surface area contributed by atoms with Crippen LogP contribution in [0.1, 0.15) is 40.5 Å². The highest BCUT2D eigenvalue weighted by atomic mass is 16.6. The lowest BCUT2D eigenvalue weighted by atomic mass is 9.93. The Hall–Kier alpha value is -1.06. The minimum atomic E-state index is -0.460.